The normalized spacial score (nSPS) is 17.4. The zero-order chi connectivity index (χ0) is 25.2. The molecule has 1 aliphatic carbocycles. The molecule has 190 valence electrons. The number of carbonyl (C=O) groups excluding carboxylic acids is 2. The second kappa shape index (κ2) is 10.5. The Hall–Kier alpha value is -2.68. The number of rotatable bonds is 10. The zero-order valence-corrected chi connectivity index (χ0v) is 20.2. The van der Waals surface area contributed by atoms with Gasteiger partial charge in [0.2, 0.25) is 0 Å². The number of ether oxygens (including phenoxy) is 1. The van der Waals surface area contributed by atoms with Crippen molar-refractivity contribution in [1.29, 1.82) is 0 Å². The van der Waals surface area contributed by atoms with Gasteiger partial charge in [0.25, 0.3) is 5.91 Å². The second-order valence-corrected chi connectivity index (χ2v) is 9.80. The van der Waals surface area contributed by atoms with Crippen molar-refractivity contribution in [3.05, 3.63) is 52.8 Å². The summed E-state index contributed by atoms with van der Waals surface area (Å²) in [6, 6.07) is 4.67. The lowest BCUT2D eigenvalue weighted by Crippen LogP contribution is -2.43. The van der Waals surface area contributed by atoms with Gasteiger partial charge in [-0.25, -0.2) is 0 Å². The summed E-state index contributed by atoms with van der Waals surface area (Å²) in [6.07, 6.45) is 1.92. The van der Waals surface area contributed by atoms with Crippen LogP contribution in [-0.2, 0) is 35.2 Å². The molecule has 2 aromatic rings. The van der Waals surface area contributed by atoms with E-state index in [9.17, 15) is 22.8 Å². The number of Topliss-reactive ketones (excluding diaryl/α,β-unsaturated/α-hetero) is 1. The van der Waals surface area contributed by atoms with E-state index in [-0.39, 0.29) is 41.9 Å². The molecule has 1 aromatic heterocycles. The molecule has 0 N–H and O–H groups in total. The highest BCUT2D eigenvalue weighted by molar-refractivity contribution is 6.02. The number of amides is 1. The summed E-state index contributed by atoms with van der Waals surface area (Å²) < 4.78 is 48.0. The van der Waals surface area contributed by atoms with Gasteiger partial charge in [0.05, 0.1) is 43.0 Å². The van der Waals surface area contributed by atoms with Gasteiger partial charge in [0, 0.05) is 18.3 Å². The molecule has 1 aromatic carbocycles. The molecule has 1 aliphatic heterocycles. The van der Waals surface area contributed by atoms with Crippen molar-refractivity contribution in [2.75, 3.05) is 6.61 Å². The molecule has 0 spiro atoms. The molecule has 1 fully saturated rings. The van der Waals surface area contributed by atoms with Crippen LogP contribution in [0.5, 0.6) is 0 Å². The molecule has 35 heavy (non-hydrogen) atoms. The lowest BCUT2D eigenvalue weighted by molar-refractivity contribution is -0.138. The fourth-order valence-electron chi connectivity index (χ4n) is 5.17. The van der Waals surface area contributed by atoms with Crippen molar-refractivity contribution in [3.8, 4) is 0 Å². The average molecular weight is 492 g/mol. The van der Waals surface area contributed by atoms with E-state index in [4.69, 9.17) is 4.74 Å². The van der Waals surface area contributed by atoms with Crippen molar-refractivity contribution in [2.24, 2.45) is 5.92 Å². The zero-order valence-electron chi connectivity index (χ0n) is 20.2. The van der Waals surface area contributed by atoms with Crippen LogP contribution in [0.1, 0.15) is 73.1 Å². The van der Waals surface area contributed by atoms with Crippen molar-refractivity contribution in [3.63, 3.8) is 0 Å². The molecule has 6 nitrogen and oxygen atoms in total. The van der Waals surface area contributed by atoms with Crippen LogP contribution in [-0.4, -0.2) is 45.1 Å². The summed E-state index contributed by atoms with van der Waals surface area (Å²) in [5.74, 6) is -0.401. The van der Waals surface area contributed by atoms with Gasteiger partial charge in [-0.3, -0.25) is 14.3 Å². The van der Waals surface area contributed by atoms with Gasteiger partial charge in [-0.15, -0.1) is 0 Å². The number of carbonyl (C=O) groups is 2. The highest BCUT2D eigenvalue weighted by atomic mass is 19.4. The minimum atomic E-state index is -4.56. The first-order valence-electron chi connectivity index (χ1n) is 12.3. The third-order valence-electron chi connectivity index (χ3n) is 6.90. The first-order valence-corrected chi connectivity index (χ1v) is 12.3. The minimum absolute atomic E-state index is 0.0294. The number of benzene rings is 1. The number of hydrogen-bond donors (Lipinski definition) is 0. The predicted molar refractivity (Wildman–Crippen MR) is 124 cm³/mol. The summed E-state index contributed by atoms with van der Waals surface area (Å²) in [5.41, 5.74) is -0.224. The summed E-state index contributed by atoms with van der Waals surface area (Å²) in [6.45, 7) is 4.76. The molecule has 1 saturated carbocycles. The Labute approximate surface area is 203 Å². The van der Waals surface area contributed by atoms with Crippen LogP contribution in [0.4, 0.5) is 13.2 Å². The average Bonchev–Trinajstić information content (AvgIpc) is 3.52. The molecular formula is C26H32F3N3O3. The maximum atomic E-state index is 13.6. The highest BCUT2D eigenvalue weighted by Gasteiger charge is 2.43. The Balaban J connectivity index is 1.52. The first kappa shape index (κ1) is 25.4. The third-order valence-corrected chi connectivity index (χ3v) is 6.90. The fraction of sp³-hybridized carbons (Fsp3) is 0.577. The Bertz CT molecular complexity index is 1060. The van der Waals surface area contributed by atoms with Crippen LogP contribution >= 0.6 is 0 Å². The molecule has 0 saturated heterocycles. The summed E-state index contributed by atoms with van der Waals surface area (Å²) >= 11 is 0. The number of ketones is 1. The van der Waals surface area contributed by atoms with E-state index in [1.54, 1.807) is 16.9 Å². The second-order valence-electron chi connectivity index (χ2n) is 9.80. The van der Waals surface area contributed by atoms with E-state index in [0.29, 0.717) is 25.3 Å². The largest absolute Gasteiger partial charge is 0.416 e. The molecule has 0 unspecified atom stereocenters. The van der Waals surface area contributed by atoms with Gasteiger partial charge in [-0.2, -0.15) is 18.3 Å². The van der Waals surface area contributed by atoms with E-state index in [1.807, 2.05) is 13.8 Å². The van der Waals surface area contributed by atoms with Crippen LogP contribution < -0.4 is 0 Å². The summed E-state index contributed by atoms with van der Waals surface area (Å²) in [4.78, 5) is 28.0. The van der Waals surface area contributed by atoms with Crippen LogP contribution in [0.25, 0.3) is 0 Å². The quantitative estimate of drug-likeness (QED) is 0.467. The molecule has 2 aliphatic rings. The molecule has 1 amide bonds. The Morgan fingerprint density at radius 2 is 1.94 bits per heavy atom. The lowest BCUT2D eigenvalue weighted by atomic mass is 9.93. The Morgan fingerprint density at radius 1 is 1.20 bits per heavy atom. The molecule has 0 radical (unpaired) electrons. The maximum absolute atomic E-state index is 13.6. The fourth-order valence-corrected chi connectivity index (χ4v) is 5.17. The van der Waals surface area contributed by atoms with Crippen LogP contribution in [0.3, 0.4) is 0 Å². The number of fused-ring (bicyclic) bond motifs is 1. The van der Waals surface area contributed by atoms with Crippen molar-refractivity contribution in [2.45, 2.75) is 83.8 Å². The SMILES string of the molecule is CC(C)OCCn1ccc(CC(=O)[C@H](CC2CCCC2)N2Cc3c(cccc3C(F)(F)F)C2=O)n1. The van der Waals surface area contributed by atoms with Gasteiger partial charge < -0.3 is 9.64 Å². The lowest BCUT2D eigenvalue weighted by Gasteiger charge is -2.29. The van der Waals surface area contributed by atoms with E-state index < -0.39 is 23.7 Å². The van der Waals surface area contributed by atoms with Crippen molar-refractivity contribution in [1.82, 2.24) is 14.7 Å². The van der Waals surface area contributed by atoms with Gasteiger partial charge in [0.1, 0.15) is 0 Å². The topological polar surface area (TPSA) is 64.4 Å². The van der Waals surface area contributed by atoms with Crippen molar-refractivity contribution >= 4 is 11.7 Å². The number of hydrogen-bond acceptors (Lipinski definition) is 4. The molecule has 2 heterocycles. The highest BCUT2D eigenvalue weighted by Crippen LogP contribution is 2.39. The van der Waals surface area contributed by atoms with Gasteiger partial charge in [-0.1, -0.05) is 31.7 Å². The van der Waals surface area contributed by atoms with Crippen molar-refractivity contribution < 1.29 is 27.5 Å². The van der Waals surface area contributed by atoms with Gasteiger partial charge in [0.15, 0.2) is 5.78 Å². The number of aromatic nitrogens is 2. The van der Waals surface area contributed by atoms with E-state index in [0.717, 1.165) is 31.7 Å². The Morgan fingerprint density at radius 3 is 2.63 bits per heavy atom. The molecular weight excluding hydrogens is 459 g/mol. The van der Waals surface area contributed by atoms with E-state index in [2.05, 4.69) is 5.10 Å². The first-order chi connectivity index (χ1) is 16.6. The summed E-state index contributed by atoms with van der Waals surface area (Å²) in [5, 5.41) is 4.46. The van der Waals surface area contributed by atoms with Gasteiger partial charge in [-0.05, 0) is 49.9 Å². The maximum Gasteiger partial charge on any atom is 0.416 e. The number of nitrogens with zero attached hydrogens (tertiary/aromatic N) is 3. The van der Waals surface area contributed by atoms with E-state index >= 15 is 0 Å². The van der Waals surface area contributed by atoms with Crippen LogP contribution in [0.2, 0.25) is 0 Å². The predicted octanol–water partition coefficient (Wildman–Crippen LogP) is 5.04. The smallest absolute Gasteiger partial charge is 0.377 e. The van der Waals surface area contributed by atoms with Crippen LogP contribution in [0.15, 0.2) is 30.5 Å². The number of halogens is 3. The van der Waals surface area contributed by atoms with E-state index in [1.165, 1.54) is 17.0 Å². The third kappa shape index (κ3) is 5.94. The molecule has 0 bridgehead atoms. The monoisotopic (exact) mass is 491 g/mol. The molecule has 9 heteroatoms. The molecule has 1 atom stereocenters. The standard InChI is InChI=1S/C26H32F3N3O3/c1-17(2)35-13-12-31-11-10-19(30-31)15-24(33)23(14-18-6-3-4-7-18)32-16-21-20(25(32)34)8-5-9-22(21)26(27,28)29/h5,8-11,17-18,23H,3-4,6-7,12-16H2,1-2H3/t23-/m0/s1. The minimum Gasteiger partial charge on any atom is -0.377 e. The Kier molecular flexibility index (Phi) is 7.64. The summed E-state index contributed by atoms with van der Waals surface area (Å²) in [7, 11) is 0. The van der Waals surface area contributed by atoms with Gasteiger partial charge >= 0.3 is 6.18 Å². The molecule has 4 rings (SSSR count). The number of alkyl halides is 3. The van der Waals surface area contributed by atoms with Crippen LogP contribution in [0, 0.1) is 5.92 Å².